The first-order valence-electron chi connectivity index (χ1n) is 9.28. The minimum atomic E-state index is -0.187. The van der Waals surface area contributed by atoms with Crippen molar-refractivity contribution in [3.8, 4) is 0 Å². The summed E-state index contributed by atoms with van der Waals surface area (Å²) in [6, 6.07) is 5.44. The van der Waals surface area contributed by atoms with Crippen molar-refractivity contribution in [3.63, 3.8) is 0 Å². The first-order valence-corrected chi connectivity index (χ1v) is 9.65. The van der Waals surface area contributed by atoms with Crippen LogP contribution in [0.1, 0.15) is 28.8 Å². The van der Waals surface area contributed by atoms with Crippen LogP contribution >= 0.6 is 11.6 Å². The van der Waals surface area contributed by atoms with E-state index < -0.39 is 0 Å². The standard InChI is InChI=1S/C20H23ClN6O2/c1-13-7-16(21)11-25-18(13)22-5-2-6-23-20-26-10-15(19(29)27-20)8-14-3-4-17(12-28)24-9-14/h3-4,7,9-11,28H,2,5-6,8,12H2,1H3,(H,22,25)(H2,23,26,27,29). The van der Waals surface area contributed by atoms with E-state index in [1.54, 1.807) is 24.7 Å². The molecule has 0 unspecified atom stereocenters. The smallest absolute Gasteiger partial charge is 0.255 e. The number of aliphatic hydroxyl groups is 1. The number of anilines is 2. The molecule has 0 aliphatic carbocycles. The van der Waals surface area contributed by atoms with Crippen molar-refractivity contribution in [2.24, 2.45) is 0 Å². The number of halogens is 1. The molecule has 9 heteroatoms. The van der Waals surface area contributed by atoms with Crippen LogP contribution in [0.2, 0.25) is 5.02 Å². The number of pyridine rings is 2. The zero-order chi connectivity index (χ0) is 20.6. The summed E-state index contributed by atoms with van der Waals surface area (Å²) in [6.07, 6.45) is 6.08. The van der Waals surface area contributed by atoms with Crippen molar-refractivity contribution >= 4 is 23.4 Å². The Labute approximate surface area is 173 Å². The van der Waals surface area contributed by atoms with Crippen molar-refractivity contribution in [3.05, 3.63) is 74.6 Å². The Kier molecular flexibility index (Phi) is 7.15. The molecule has 152 valence electrons. The lowest BCUT2D eigenvalue weighted by Crippen LogP contribution is -2.18. The fourth-order valence-corrected chi connectivity index (χ4v) is 2.95. The highest BCUT2D eigenvalue weighted by Gasteiger charge is 2.05. The molecule has 29 heavy (non-hydrogen) atoms. The molecule has 3 aromatic rings. The second-order valence-electron chi connectivity index (χ2n) is 6.60. The van der Waals surface area contributed by atoms with Crippen LogP contribution in [0.5, 0.6) is 0 Å². The largest absolute Gasteiger partial charge is 0.390 e. The van der Waals surface area contributed by atoms with Crippen molar-refractivity contribution < 1.29 is 5.11 Å². The Balaban J connectivity index is 1.46. The maximum absolute atomic E-state index is 12.3. The molecule has 8 nitrogen and oxygen atoms in total. The number of nitrogens with zero attached hydrogens (tertiary/aromatic N) is 3. The van der Waals surface area contributed by atoms with Crippen LogP contribution in [0.15, 0.2) is 41.6 Å². The first-order chi connectivity index (χ1) is 14.0. The molecule has 0 aliphatic heterocycles. The lowest BCUT2D eigenvalue weighted by Gasteiger charge is -2.09. The van der Waals surface area contributed by atoms with E-state index in [-0.39, 0.29) is 12.2 Å². The average Bonchev–Trinajstić information content (AvgIpc) is 2.71. The van der Waals surface area contributed by atoms with Gasteiger partial charge in [0.25, 0.3) is 5.56 Å². The molecule has 0 atom stereocenters. The highest BCUT2D eigenvalue weighted by Crippen LogP contribution is 2.15. The molecule has 3 heterocycles. The molecule has 0 fully saturated rings. The summed E-state index contributed by atoms with van der Waals surface area (Å²) in [6.45, 7) is 3.22. The summed E-state index contributed by atoms with van der Waals surface area (Å²) in [7, 11) is 0. The molecular formula is C20H23ClN6O2. The molecule has 0 saturated heterocycles. The normalized spacial score (nSPS) is 10.7. The minimum Gasteiger partial charge on any atom is -0.390 e. The third kappa shape index (κ3) is 6.00. The molecule has 4 N–H and O–H groups in total. The first kappa shape index (κ1) is 20.8. The van der Waals surface area contributed by atoms with E-state index in [0.29, 0.717) is 35.2 Å². The Morgan fingerprint density at radius 1 is 1.10 bits per heavy atom. The molecule has 0 saturated carbocycles. The summed E-state index contributed by atoms with van der Waals surface area (Å²) in [5, 5.41) is 16.0. The van der Waals surface area contributed by atoms with Gasteiger partial charge in [0, 0.05) is 43.7 Å². The third-order valence-corrected chi connectivity index (χ3v) is 4.51. The van der Waals surface area contributed by atoms with E-state index in [1.807, 2.05) is 19.1 Å². The average molecular weight is 415 g/mol. The van der Waals surface area contributed by atoms with Gasteiger partial charge in [0.15, 0.2) is 0 Å². The quantitative estimate of drug-likeness (QED) is 0.397. The number of aliphatic hydroxyl groups excluding tert-OH is 1. The number of hydrogen-bond acceptors (Lipinski definition) is 7. The molecule has 0 spiro atoms. The van der Waals surface area contributed by atoms with E-state index in [4.69, 9.17) is 16.7 Å². The zero-order valence-corrected chi connectivity index (χ0v) is 16.8. The fourth-order valence-electron chi connectivity index (χ4n) is 2.74. The van der Waals surface area contributed by atoms with Crippen molar-refractivity contribution in [1.82, 2.24) is 19.9 Å². The molecule has 0 amide bonds. The van der Waals surface area contributed by atoms with Gasteiger partial charge in [0.05, 0.1) is 17.3 Å². The molecule has 3 aromatic heterocycles. The van der Waals surface area contributed by atoms with E-state index in [1.165, 1.54) is 0 Å². The third-order valence-electron chi connectivity index (χ3n) is 4.30. The van der Waals surface area contributed by atoms with E-state index in [9.17, 15) is 4.79 Å². The van der Waals surface area contributed by atoms with Gasteiger partial charge >= 0.3 is 0 Å². The van der Waals surface area contributed by atoms with Gasteiger partial charge in [-0.15, -0.1) is 0 Å². The van der Waals surface area contributed by atoms with Crippen LogP contribution in [0.25, 0.3) is 0 Å². The summed E-state index contributed by atoms with van der Waals surface area (Å²) < 4.78 is 0. The Morgan fingerprint density at radius 2 is 1.93 bits per heavy atom. The summed E-state index contributed by atoms with van der Waals surface area (Å²) in [5.41, 5.74) is 2.84. The Hall–Kier alpha value is -2.97. The maximum Gasteiger partial charge on any atom is 0.255 e. The molecule has 3 rings (SSSR count). The number of aryl methyl sites for hydroxylation is 1. The second-order valence-corrected chi connectivity index (χ2v) is 7.04. The Bertz CT molecular complexity index is 1010. The number of rotatable bonds is 9. The van der Waals surface area contributed by atoms with Crippen LogP contribution in [0, 0.1) is 6.92 Å². The topological polar surface area (TPSA) is 116 Å². The minimum absolute atomic E-state index is 0.103. The van der Waals surface area contributed by atoms with Gasteiger partial charge in [-0.2, -0.15) is 0 Å². The molecule has 0 bridgehead atoms. The number of hydrogen-bond donors (Lipinski definition) is 4. The van der Waals surface area contributed by atoms with Crippen LogP contribution in [0.4, 0.5) is 11.8 Å². The second kappa shape index (κ2) is 9.99. The number of aromatic amines is 1. The monoisotopic (exact) mass is 414 g/mol. The molecular weight excluding hydrogens is 392 g/mol. The highest BCUT2D eigenvalue weighted by molar-refractivity contribution is 6.30. The summed E-state index contributed by atoms with van der Waals surface area (Å²) >= 11 is 5.90. The summed E-state index contributed by atoms with van der Waals surface area (Å²) in [4.78, 5) is 27.7. The highest BCUT2D eigenvalue weighted by atomic mass is 35.5. The van der Waals surface area contributed by atoms with Crippen molar-refractivity contribution in [2.45, 2.75) is 26.4 Å². The lowest BCUT2D eigenvalue weighted by atomic mass is 10.1. The van der Waals surface area contributed by atoms with Gasteiger partial charge in [-0.05, 0) is 36.6 Å². The van der Waals surface area contributed by atoms with Gasteiger partial charge in [-0.25, -0.2) is 9.97 Å². The van der Waals surface area contributed by atoms with E-state index in [0.717, 1.165) is 29.9 Å². The van der Waals surface area contributed by atoms with Crippen molar-refractivity contribution in [2.75, 3.05) is 23.7 Å². The lowest BCUT2D eigenvalue weighted by molar-refractivity contribution is 0.277. The Morgan fingerprint density at radius 3 is 2.62 bits per heavy atom. The molecule has 0 aliphatic rings. The van der Waals surface area contributed by atoms with Gasteiger partial charge in [0.2, 0.25) is 5.95 Å². The van der Waals surface area contributed by atoms with Gasteiger partial charge < -0.3 is 15.7 Å². The van der Waals surface area contributed by atoms with Gasteiger partial charge in [-0.3, -0.25) is 14.8 Å². The number of nitrogens with one attached hydrogen (secondary N) is 3. The van der Waals surface area contributed by atoms with E-state index in [2.05, 4.69) is 30.6 Å². The molecule has 0 radical (unpaired) electrons. The van der Waals surface area contributed by atoms with Crippen LogP contribution in [-0.4, -0.2) is 38.1 Å². The van der Waals surface area contributed by atoms with Crippen LogP contribution in [-0.2, 0) is 13.0 Å². The van der Waals surface area contributed by atoms with Gasteiger partial charge in [-0.1, -0.05) is 17.7 Å². The number of aromatic nitrogens is 4. The van der Waals surface area contributed by atoms with Crippen LogP contribution < -0.4 is 16.2 Å². The predicted octanol–water partition coefficient (Wildman–Crippen LogP) is 2.52. The summed E-state index contributed by atoms with van der Waals surface area (Å²) in [5.74, 6) is 1.25. The SMILES string of the molecule is Cc1cc(Cl)cnc1NCCCNc1ncc(Cc2ccc(CO)nc2)c(=O)[nH]1. The number of H-pyrrole nitrogens is 1. The van der Waals surface area contributed by atoms with E-state index >= 15 is 0 Å². The van der Waals surface area contributed by atoms with Gasteiger partial charge in [0.1, 0.15) is 5.82 Å². The predicted molar refractivity (Wildman–Crippen MR) is 113 cm³/mol. The zero-order valence-electron chi connectivity index (χ0n) is 16.1. The maximum atomic E-state index is 12.3. The fraction of sp³-hybridized carbons (Fsp3) is 0.300. The molecule has 0 aromatic carbocycles. The van der Waals surface area contributed by atoms with Crippen molar-refractivity contribution in [1.29, 1.82) is 0 Å². The van der Waals surface area contributed by atoms with Crippen LogP contribution in [0.3, 0.4) is 0 Å².